The van der Waals surface area contributed by atoms with Crippen LogP contribution in [0.15, 0.2) is 34.9 Å². The molecular formula is C12H13BrN2O3. The highest BCUT2D eigenvalue weighted by molar-refractivity contribution is 9.11. The number of hydrogen-bond acceptors (Lipinski definition) is 4. The number of halogens is 1. The van der Waals surface area contributed by atoms with E-state index in [9.17, 15) is 10.1 Å². The largest absolute Gasteiger partial charge is 0.378 e. The van der Waals surface area contributed by atoms with Crippen LogP contribution in [0, 0.1) is 10.1 Å². The summed E-state index contributed by atoms with van der Waals surface area (Å²) < 4.78 is 5.27. The minimum absolute atomic E-state index is 0.00407. The second-order valence-electron chi connectivity index (χ2n) is 3.86. The van der Waals surface area contributed by atoms with Gasteiger partial charge in [0.05, 0.1) is 18.1 Å². The molecule has 18 heavy (non-hydrogen) atoms. The van der Waals surface area contributed by atoms with E-state index in [0.29, 0.717) is 32.0 Å². The van der Waals surface area contributed by atoms with Crippen LogP contribution in [-0.2, 0) is 4.74 Å². The van der Waals surface area contributed by atoms with Crippen molar-refractivity contribution in [3.05, 3.63) is 50.6 Å². The average Bonchev–Trinajstić information content (AvgIpc) is 2.41. The van der Waals surface area contributed by atoms with Crippen LogP contribution in [0.3, 0.4) is 0 Å². The van der Waals surface area contributed by atoms with Gasteiger partial charge in [0.15, 0.2) is 0 Å². The number of nitrogens with zero attached hydrogens (tertiary/aromatic N) is 2. The summed E-state index contributed by atoms with van der Waals surface area (Å²) in [5.41, 5.74) is 1.45. The Kier molecular flexibility index (Phi) is 4.33. The maximum absolute atomic E-state index is 11.0. The van der Waals surface area contributed by atoms with E-state index in [0.717, 1.165) is 5.56 Å². The molecule has 0 bridgehead atoms. The van der Waals surface area contributed by atoms with E-state index in [4.69, 9.17) is 4.74 Å². The Hall–Kier alpha value is -1.40. The van der Waals surface area contributed by atoms with Crippen molar-refractivity contribution < 1.29 is 9.66 Å². The van der Waals surface area contributed by atoms with Crippen molar-refractivity contribution >= 4 is 21.6 Å². The van der Waals surface area contributed by atoms with Gasteiger partial charge in [-0.3, -0.25) is 10.1 Å². The lowest BCUT2D eigenvalue weighted by Crippen LogP contribution is -2.35. The van der Waals surface area contributed by atoms with Crippen LogP contribution in [0.4, 0.5) is 0 Å². The van der Waals surface area contributed by atoms with E-state index in [1.165, 1.54) is 0 Å². The van der Waals surface area contributed by atoms with Crippen LogP contribution in [-0.4, -0.2) is 36.1 Å². The van der Waals surface area contributed by atoms with Crippen molar-refractivity contribution in [1.29, 1.82) is 0 Å². The lowest BCUT2D eigenvalue weighted by Gasteiger charge is -2.30. The summed E-state index contributed by atoms with van der Waals surface area (Å²) in [4.78, 5) is 12.6. The molecule has 1 aromatic carbocycles. The number of nitro groups is 1. The summed E-state index contributed by atoms with van der Waals surface area (Å²) in [5.74, 6) is 0. The third-order valence-electron chi connectivity index (χ3n) is 2.73. The third-order valence-corrected chi connectivity index (χ3v) is 3.40. The zero-order valence-corrected chi connectivity index (χ0v) is 11.3. The van der Waals surface area contributed by atoms with E-state index in [-0.39, 0.29) is 4.61 Å². The molecule has 0 atom stereocenters. The second kappa shape index (κ2) is 5.97. The van der Waals surface area contributed by atoms with Crippen LogP contribution in [0.5, 0.6) is 0 Å². The Morgan fingerprint density at radius 3 is 2.44 bits per heavy atom. The van der Waals surface area contributed by atoms with Crippen LogP contribution in [0.2, 0.25) is 0 Å². The van der Waals surface area contributed by atoms with E-state index >= 15 is 0 Å². The molecule has 1 aliphatic heterocycles. The monoisotopic (exact) mass is 312 g/mol. The molecule has 96 valence electrons. The van der Waals surface area contributed by atoms with Crippen LogP contribution in [0.1, 0.15) is 5.56 Å². The summed E-state index contributed by atoms with van der Waals surface area (Å²) in [6.07, 6.45) is 0. The quantitative estimate of drug-likeness (QED) is 0.488. The summed E-state index contributed by atoms with van der Waals surface area (Å²) in [5, 5.41) is 11.0. The Morgan fingerprint density at radius 2 is 1.89 bits per heavy atom. The van der Waals surface area contributed by atoms with Gasteiger partial charge in [-0.05, 0) is 0 Å². The SMILES string of the molecule is O=[N+]([O-])/C(Br)=C(/c1ccccc1)N1CCOCC1. The molecule has 0 aliphatic carbocycles. The maximum Gasteiger partial charge on any atom is 0.334 e. The molecule has 6 heteroatoms. The molecule has 2 rings (SSSR count). The minimum atomic E-state index is -0.405. The number of hydrogen-bond donors (Lipinski definition) is 0. The molecule has 0 aromatic heterocycles. The zero-order chi connectivity index (χ0) is 13.0. The normalized spacial score (nSPS) is 17.3. The second-order valence-corrected chi connectivity index (χ2v) is 4.61. The van der Waals surface area contributed by atoms with Crippen molar-refractivity contribution in [1.82, 2.24) is 4.90 Å². The molecule has 1 heterocycles. The lowest BCUT2D eigenvalue weighted by atomic mass is 10.1. The fraction of sp³-hybridized carbons (Fsp3) is 0.333. The fourth-order valence-corrected chi connectivity index (χ4v) is 2.38. The smallest absolute Gasteiger partial charge is 0.334 e. The molecule has 0 N–H and O–H groups in total. The standard InChI is InChI=1S/C12H13BrN2O3/c13-12(15(16)17)11(10-4-2-1-3-5-10)14-6-8-18-9-7-14/h1-5H,6-9H2/b12-11-. The zero-order valence-electron chi connectivity index (χ0n) is 9.71. The Labute approximate surface area is 113 Å². The Balaban J connectivity index is 2.41. The Bertz CT molecular complexity index is 456. The molecule has 0 amide bonds. The van der Waals surface area contributed by atoms with Gasteiger partial charge in [0.2, 0.25) is 0 Å². The maximum atomic E-state index is 11.0. The average molecular weight is 313 g/mol. The minimum Gasteiger partial charge on any atom is -0.378 e. The molecule has 1 fully saturated rings. The molecule has 1 aliphatic rings. The summed E-state index contributed by atoms with van der Waals surface area (Å²) in [6, 6.07) is 9.37. The fourth-order valence-electron chi connectivity index (χ4n) is 1.90. The van der Waals surface area contributed by atoms with Gasteiger partial charge in [-0.2, -0.15) is 0 Å². The van der Waals surface area contributed by atoms with E-state index in [1.807, 2.05) is 35.2 Å². The predicted molar refractivity (Wildman–Crippen MR) is 71.7 cm³/mol. The lowest BCUT2D eigenvalue weighted by molar-refractivity contribution is -0.408. The summed E-state index contributed by atoms with van der Waals surface area (Å²) in [7, 11) is 0. The molecule has 0 saturated carbocycles. The van der Waals surface area contributed by atoms with Crippen molar-refractivity contribution in [2.24, 2.45) is 0 Å². The number of rotatable bonds is 3. The summed E-state index contributed by atoms with van der Waals surface area (Å²) >= 11 is 3.08. The van der Waals surface area contributed by atoms with Gasteiger partial charge < -0.3 is 9.64 Å². The molecule has 0 radical (unpaired) electrons. The molecule has 1 saturated heterocycles. The summed E-state index contributed by atoms with van der Waals surface area (Å²) in [6.45, 7) is 2.50. The van der Waals surface area contributed by atoms with Crippen LogP contribution >= 0.6 is 15.9 Å². The van der Waals surface area contributed by atoms with Gasteiger partial charge in [-0.15, -0.1) is 0 Å². The number of benzene rings is 1. The van der Waals surface area contributed by atoms with E-state index in [1.54, 1.807) is 0 Å². The van der Waals surface area contributed by atoms with Crippen LogP contribution in [0.25, 0.3) is 5.70 Å². The highest BCUT2D eigenvalue weighted by atomic mass is 79.9. The highest BCUT2D eigenvalue weighted by Crippen LogP contribution is 2.27. The third kappa shape index (κ3) is 2.88. The van der Waals surface area contributed by atoms with Gasteiger partial charge in [0.25, 0.3) is 0 Å². The van der Waals surface area contributed by atoms with Crippen molar-refractivity contribution in [2.45, 2.75) is 0 Å². The molecule has 0 spiro atoms. The topological polar surface area (TPSA) is 55.6 Å². The van der Waals surface area contributed by atoms with Gasteiger partial charge >= 0.3 is 4.61 Å². The Morgan fingerprint density at radius 1 is 1.28 bits per heavy atom. The van der Waals surface area contributed by atoms with Gasteiger partial charge in [-0.1, -0.05) is 30.3 Å². The first-order chi connectivity index (χ1) is 8.70. The molecule has 1 aromatic rings. The van der Waals surface area contributed by atoms with Gasteiger partial charge in [0.1, 0.15) is 5.70 Å². The van der Waals surface area contributed by atoms with Crippen molar-refractivity contribution in [2.75, 3.05) is 26.3 Å². The van der Waals surface area contributed by atoms with Crippen molar-refractivity contribution in [3.63, 3.8) is 0 Å². The highest BCUT2D eigenvalue weighted by Gasteiger charge is 2.24. The van der Waals surface area contributed by atoms with Crippen LogP contribution < -0.4 is 0 Å². The number of ether oxygens (including phenoxy) is 1. The number of morpholine rings is 1. The molecule has 0 unspecified atom stereocenters. The van der Waals surface area contributed by atoms with E-state index < -0.39 is 4.92 Å². The van der Waals surface area contributed by atoms with E-state index in [2.05, 4.69) is 15.9 Å². The first-order valence-corrected chi connectivity index (χ1v) is 6.41. The van der Waals surface area contributed by atoms with Gasteiger partial charge in [0, 0.05) is 34.6 Å². The first kappa shape index (κ1) is 13.0. The first-order valence-electron chi connectivity index (χ1n) is 5.62. The molecule has 5 nitrogen and oxygen atoms in total. The van der Waals surface area contributed by atoms with Crippen molar-refractivity contribution in [3.8, 4) is 0 Å². The molecular weight excluding hydrogens is 300 g/mol. The predicted octanol–water partition coefficient (Wildman–Crippen LogP) is 2.32. The van der Waals surface area contributed by atoms with Gasteiger partial charge in [-0.25, -0.2) is 0 Å².